The van der Waals surface area contributed by atoms with E-state index in [9.17, 15) is 10.1 Å². The summed E-state index contributed by atoms with van der Waals surface area (Å²) in [5.41, 5.74) is 3.61. The molecule has 0 heterocycles. The van der Waals surface area contributed by atoms with Gasteiger partial charge in [-0.05, 0) is 25.2 Å². The van der Waals surface area contributed by atoms with Gasteiger partial charge in [0, 0.05) is 18.2 Å². The van der Waals surface area contributed by atoms with Gasteiger partial charge in [-0.1, -0.05) is 23.7 Å². The summed E-state index contributed by atoms with van der Waals surface area (Å²) in [5.74, 6) is 0. The maximum atomic E-state index is 10.8. The van der Waals surface area contributed by atoms with Crippen molar-refractivity contribution in [3.8, 4) is 0 Å². The summed E-state index contributed by atoms with van der Waals surface area (Å²) in [5, 5.41) is 18.1. The van der Waals surface area contributed by atoms with Crippen molar-refractivity contribution in [3.05, 3.63) is 51.6 Å². The first-order valence-corrected chi connectivity index (χ1v) is 6.37. The highest BCUT2D eigenvalue weighted by molar-refractivity contribution is 7.80. The number of benzene rings is 1. The third-order valence-corrected chi connectivity index (χ3v) is 2.85. The van der Waals surface area contributed by atoms with E-state index in [0.717, 1.165) is 0 Å². The van der Waals surface area contributed by atoms with E-state index in [2.05, 4.69) is 22.4 Å². The van der Waals surface area contributed by atoms with E-state index in [1.54, 1.807) is 19.1 Å². The van der Waals surface area contributed by atoms with E-state index in [4.69, 9.17) is 23.8 Å². The number of nitro benzene ring substituents is 1. The molecular weight excluding hydrogens is 300 g/mol. The van der Waals surface area contributed by atoms with E-state index >= 15 is 0 Å². The van der Waals surface area contributed by atoms with Gasteiger partial charge in [0.15, 0.2) is 5.11 Å². The average Bonchev–Trinajstić information content (AvgIpc) is 2.42. The fraction of sp³-hybridized carbons (Fsp3) is 0.167. The first kappa shape index (κ1) is 16.1. The normalized spacial score (nSPS) is 10.8. The van der Waals surface area contributed by atoms with Crippen molar-refractivity contribution in [1.29, 1.82) is 0 Å². The van der Waals surface area contributed by atoms with Gasteiger partial charge in [0.1, 0.15) is 5.02 Å². The molecule has 8 heteroatoms. The minimum atomic E-state index is -0.539. The molecule has 20 heavy (non-hydrogen) atoms. The molecule has 0 aliphatic carbocycles. The second-order valence-electron chi connectivity index (χ2n) is 3.73. The second kappa shape index (κ2) is 7.56. The Labute approximate surface area is 126 Å². The van der Waals surface area contributed by atoms with Gasteiger partial charge in [-0.25, -0.2) is 0 Å². The summed E-state index contributed by atoms with van der Waals surface area (Å²) < 4.78 is 0. The maximum absolute atomic E-state index is 10.8. The number of nitrogens with one attached hydrogen (secondary N) is 2. The Balaban J connectivity index is 2.84. The minimum Gasteiger partial charge on any atom is -0.358 e. The number of rotatable bonds is 5. The van der Waals surface area contributed by atoms with E-state index in [-0.39, 0.29) is 10.7 Å². The molecular formula is C12H13ClN4O2S. The summed E-state index contributed by atoms with van der Waals surface area (Å²) >= 11 is 10.7. The molecule has 1 rings (SSSR count). The molecule has 0 bridgehead atoms. The van der Waals surface area contributed by atoms with Crippen LogP contribution in [-0.4, -0.2) is 22.3 Å². The van der Waals surface area contributed by atoms with Crippen LogP contribution in [0, 0.1) is 10.1 Å². The molecule has 0 aromatic heterocycles. The Morgan fingerprint density at radius 1 is 1.65 bits per heavy atom. The van der Waals surface area contributed by atoms with E-state index in [1.807, 2.05) is 0 Å². The molecule has 0 atom stereocenters. The molecule has 0 unspecified atom stereocenters. The molecule has 0 saturated carbocycles. The first-order chi connectivity index (χ1) is 9.45. The predicted molar refractivity (Wildman–Crippen MR) is 84.3 cm³/mol. The number of hydrogen-bond acceptors (Lipinski definition) is 4. The summed E-state index contributed by atoms with van der Waals surface area (Å²) in [7, 11) is 0. The van der Waals surface area contributed by atoms with Crippen molar-refractivity contribution in [2.45, 2.75) is 6.92 Å². The number of halogens is 1. The van der Waals surface area contributed by atoms with Crippen molar-refractivity contribution >= 4 is 40.3 Å². The average molecular weight is 313 g/mol. The maximum Gasteiger partial charge on any atom is 0.288 e. The topological polar surface area (TPSA) is 79.6 Å². The van der Waals surface area contributed by atoms with Gasteiger partial charge >= 0.3 is 0 Å². The fourth-order valence-corrected chi connectivity index (χ4v) is 1.60. The number of thiocarbonyl (C=S) groups is 1. The van der Waals surface area contributed by atoms with Crippen molar-refractivity contribution < 1.29 is 4.92 Å². The van der Waals surface area contributed by atoms with Crippen LogP contribution in [-0.2, 0) is 0 Å². The van der Waals surface area contributed by atoms with Crippen molar-refractivity contribution in [1.82, 2.24) is 10.7 Å². The van der Waals surface area contributed by atoms with Crippen LogP contribution < -0.4 is 10.7 Å². The van der Waals surface area contributed by atoms with Crippen molar-refractivity contribution in [3.63, 3.8) is 0 Å². The largest absolute Gasteiger partial charge is 0.358 e. The summed E-state index contributed by atoms with van der Waals surface area (Å²) in [6.07, 6.45) is 1.66. The van der Waals surface area contributed by atoms with Crippen LogP contribution in [0.15, 0.2) is 36.0 Å². The second-order valence-corrected chi connectivity index (χ2v) is 4.55. The molecule has 0 aliphatic heterocycles. The van der Waals surface area contributed by atoms with Gasteiger partial charge in [-0.2, -0.15) is 5.10 Å². The molecule has 106 valence electrons. The Hall–Kier alpha value is -1.99. The standard InChI is InChI=1S/C12H13ClN4O2S/c1-3-6-14-12(20)16-15-8(2)9-4-5-10(13)11(7-9)17(18)19/h3-5,7H,1,6H2,2H3,(H2,14,16,20)/b15-8+. The summed E-state index contributed by atoms with van der Waals surface area (Å²) in [6.45, 7) is 5.77. The van der Waals surface area contributed by atoms with Crippen LogP contribution in [0.25, 0.3) is 0 Å². The number of hydrogen-bond donors (Lipinski definition) is 2. The minimum absolute atomic E-state index is 0.0858. The zero-order valence-corrected chi connectivity index (χ0v) is 12.3. The molecule has 0 radical (unpaired) electrons. The molecule has 0 fully saturated rings. The van der Waals surface area contributed by atoms with Gasteiger partial charge in [-0.15, -0.1) is 6.58 Å². The molecule has 0 amide bonds. The lowest BCUT2D eigenvalue weighted by atomic mass is 10.1. The highest BCUT2D eigenvalue weighted by Gasteiger charge is 2.13. The van der Waals surface area contributed by atoms with Crippen molar-refractivity contribution in [2.75, 3.05) is 6.54 Å². The Morgan fingerprint density at radius 3 is 2.95 bits per heavy atom. The molecule has 1 aromatic rings. The lowest BCUT2D eigenvalue weighted by Crippen LogP contribution is -2.32. The van der Waals surface area contributed by atoms with Crippen LogP contribution >= 0.6 is 23.8 Å². The Kier molecular flexibility index (Phi) is 6.08. The number of hydrazone groups is 1. The predicted octanol–water partition coefficient (Wildman–Crippen LogP) is 2.62. The summed E-state index contributed by atoms with van der Waals surface area (Å²) in [6, 6.07) is 4.47. The molecule has 2 N–H and O–H groups in total. The SMILES string of the molecule is C=CCNC(=S)N/N=C(\C)c1ccc(Cl)c([N+](=O)[O-])c1. The number of nitrogens with zero attached hydrogens (tertiary/aromatic N) is 2. The molecule has 6 nitrogen and oxygen atoms in total. The third kappa shape index (κ3) is 4.60. The Morgan fingerprint density at radius 2 is 2.35 bits per heavy atom. The lowest BCUT2D eigenvalue weighted by Gasteiger charge is -2.06. The Bertz CT molecular complexity index is 575. The lowest BCUT2D eigenvalue weighted by molar-refractivity contribution is -0.384. The van der Waals surface area contributed by atoms with Crippen LogP contribution in [0.3, 0.4) is 0 Å². The van der Waals surface area contributed by atoms with E-state index < -0.39 is 4.92 Å². The van der Waals surface area contributed by atoms with Gasteiger partial charge in [0.05, 0.1) is 10.6 Å². The highest BCUT2D eigenvalue weighted by Crippen LogP contribution is 2.25. The van der Waals surface area contributed by atoms with Crippen LogP contribution in [0.4, 0.5) is 5.69 Å². The van der Waals surface area contributed by atoms with Crippen LogP contribution in [0.5, 0.6) is 0 Å². The molecule has 0 spiro atoms. The fourth-order valence-electron chi connectivity index (χ4n) is 1.28. The first-order valence-electron chi connectivity index (χ1n) is 5.59. The molecule has 0 saturated heterocycles. The molecule has 1 aromatic carbocycles. The zero-order valence-electron chi connectivity index (χ0n) is 10.7. The quantitative estimate of drug-likeness (QED) is 0.287. The van der Waals surface area contributed by atoms with E-state index in [1.165, 1.54) is 12.1 Å². The smallest absolute Gasteiger partial charge is 0.288 e. The van der Waals surface area contributed by atoms with Crippen LogP contribution in [0.1, 0.15) is 12.5 Å². The van der Waals surface area contributed by atoms with Gasteiger partial charge in [-0.3, -0.25) is 15.5 Å². The number of nitro groups is 1. The molecule has 0 aliphatic rings. The van der Waals surface area contributed by atoms with Gasteiger partial charge in [0.25, 0.3) is 5.69 Å². The third-order valence-electron chi connectivity index (χ3n) is 2.29. The zero-order chi connectivity index (χ0) is 15.1. The van der Waals surface area contributed by atoms with Gasteiger partial charge < -0.3 is 5.32 Å². The van der Waals surface area contributed by atoms with E-state index in [0.29, 0.717) is 22.9 Å². The highest BCUT2D eigenvalue weighted by atomic mass is 35.5. The van der Waals surface area contributed by atoms with Gasteiger partial charge in [0.2, 0.25) is 0 Å². The monoisotopic (exact) mass is 312 g/mol. The summed E-state index contributed by atoms with van der Waals surface area (Å²) in [4.78, 5) is 10.3. The van der Waals surface area contributed by atoms with Crippen molar-refractivity contribution in [2.24, 2.45) is 5.10 Å². The van der Waals surface area contributed by atoms with Crippen LogP contribution in [0.2, 0.25) is 5.02 Å².